The summed E-state index contributed by atoms with van der Waals surface area (Å²) in [5.41, 5.74) is 5.93. The van der Waals surface area contributed by atoms with Crippen molar-refractivity contribution in [2.24, 2.45) is 0 Å². The molecule has 4 aromatic carbocycles. The summed E-state index contributed by atoms with van der Waals surface area (Å²) in [6.07, 6.45) is 0. The molecule has 8 nitrogen and oxygen atoms in total. The van der Waals surface area contributed by atoms with Gasteiger partial charge in [-0.05, 0) is 79.8 Å². The summed E-state index contributed by atoms with van der Waals surface area (Å²) in [6.45, 7) is 3.18. The monoisotopic (exact) mass is 607 g/mol. The molecule has 1 heterocycles. The summed E-state index contributed by atoms with van der Waals surface area (Å²) in [4.78, 5) is 42.7. The van der Waals surface area contributed by atoms with Crippen LogP contribution < -0.4 is 20.9 Å². The van der Waals surface area contributed by atoms with Crippen LogP contribution in [0.3, 0.4) is 0 Å². The van der Waals surface area contributed by atoms with E-state index in [-0.39, 0.29) is 17.7 Å². The van der Waals surface area contributed by atoms with Gasteiger partial charge in [-0.3, -0.25) is 14.4 Å². The Labute approximate surface area is 262 Å². The van der Waals surface area contributed by atoms with Crippen LogP contribution in [-0.4, -0.2) is 49.8 Å². The topological polar surface area (TPSA) is 93.8 Å². The highest BCUT2D eigenvalue weighted by molar-refractivity contribution is 6.37. The number of amides is 3. The third-order valence-electron chi connectivity index (χ3n) is 7.28. The summed E-state index contributed by atoms with van der Waals surface area (Å²) in [5, 5.41) is 9.93. The van der Waals surface area contributed by atoms with E-state index in [0.717, 1.165) is 29.0 Å². The van der Waals surface area contributed by atoms with E-state index in [0.29, 0.717) is 46.2 Å². The SMILES string of the molecule is CC(=O)N(CCN(C)C)c1ccc(NC(=C2C(=O)Nc3ccc(C(=O)NCc4cccc(Cl)c4)cc32)c2ccccc2)cc1. The summed E-state index contributed by atoms with van der Waals surface area (Å²) in [7, 11) is 3.94. The fraction of sp³-hybridized carbons (Fsp3) is 0.171. The number of hydrogen-bond acceptors (Lipinski definition) is 5. The molecule has 0 fully saturated rings. The smallest absolute Gasteiger partial charge is 0.258 e. The van der Waals surface area contributed by atoms with Crippen LogP contribution in [-0.2, 0) is 16.1 Å². The van der Waals surface area contributed by atoms with Crippen molar-refractivity contribution in [3.05, 3.63) is 124 Å². The number of carbonyl (C=O) groups excluding carboxylic acids is 3. The largest absolute Gasteiger partial charge is 0.354 e. The number of carbonyl (C=O) groups is 3. The van der Waals surface area contributed by atoms with Crippen molar-refractivity contribution in [2.45, 2.75) is 13.5 Å². The number of nitrogens with zero attached hydrogens (tertiary/aromatic N) is 2. The van der Waals surface area contributed by atoms with Crippen molar-refractivity contribution in [3.8, 4) is 0 Å². The molecule has 0 unspecified atom stereocenters. The Hall–Kier alpha value is -4.92. The molecule has 1 aliphatic rings. The van der Waals surface area contributed by atoms with Crippen LogP contribution in [0.1, 0.15) is 34.0 Å². The molecule has 0 aliphatic carbocycles. The van der Waals surface area contributed by atoms with Crippen molar-refractivity contribution < 1.29 is 14.4 Å². The standard InChI is InChI=1S/C35H34ClN5O3/c1-23(42)41(19-18-40(2)3)29-15-13-28(14-16-29)38-33(25-9-5-4-6-10-25)32-30-21-26(12-17-31(30)39-35(32)44)34(43)37-22-24-8-7-11-27(36)20-24/h4-17,20-21,38H,18-19,22H2,1-3H3,(H,37,43)(H,39,44). The van der Waals surface area contributed by atoms with Gasteiger partial charge >= 0.3 is 0 Å². The maximum atomic E-state index is 13.4. The van der Waals surface area contributed by atoms with Gasteiger partial charge in [0.15, 0.2) is 0 Å². The van der Waals surface area contributed by atoms with E-state index in [1.54, 1.807) is 42.2 Å². The number of halogens is 1. The molecule has 0 saturated carbocycles. The molecule has 224 valence electrons. The van der Waals surface area contributed by atoms with E-state index >= 15 is 0 Å². The van der Waals surface area contributed by atoms with Gasteiger partial charge in [-0.2, -0.15) is 0 Å². The number of fused-ring (bicyclic) bond motifs is 1. The van der Waals surface area contributed by atoms with Gasteiger partial charge in [0.25, 0.3) is 11.8 Å². The van der Waals surface area contributed by atoms with Crippen LogP contribution in [0.2, 0.25) is 5.02 Å². The molecular formula is C35H34ClN5O3. The Balaban J connectivity index is 1.46. The fourth-order valence-corrected chi connectivity index (χ4v) is 5.22. The predicted molar refractivity (Wildman–Crippen MR) is 178 cm³/mol. The van der Waals surface area contributed by atoms with Crippen molar-refractivity contribution in [3.63, 3.8) is 0 Å². The average molecular weight is 608 g/mol. The second-order valence-electron chi connectivity index (χ2n) is 10.8. The summed E-state index contributed by atoms with van der Waals surface area (Å²) in [6, 6.07) is 29.6. The maximum absolute atomic E-state index is 13.4. The molecule has 0 bridgehead atoms. The average Bonchev–Trinajstić information content (AvgIpc) is 3.34. The first-order chi connectivity index (χ1) is 21.2. The molecule has 3 N–H and O–H groups in total. The highest BCUT2D eigenvalue weighted by atomic mass is 35.5. The number of hydrogen-bond donors (Lipinski definition) is 3. The van der Waals surface area contributed by atoms with Gasteiger partial charge in [0, 0.05) is 59.8 Å². The highest BCUT2D eigenvalue weighted by Gasteiger charge is 2.29. The zero-order valence-corrected chi connectivity index (χ0v) is 25.6. The summed E-state index contributed by atoms with van der Waals surface area (Å²) < 4.78 is 0. The van der Waals surface area contributed by atoms with E-state index in [1.165, 1.54) is 0 Å². The van der Waals surface area contributed by atoms with Gasteiger partial charge in [0.1, 0.15) is 0 Å². The van der Waals surface area contributed by atoms with E-state index in [1.807, 2.05) is 85.7 Å². The van der Waals surface area contributed by atoms with Crippen molar-refractivity contribution >= 4 is 57.7 Å². The van der Waals surface area contributed by atoms with Crippen molar-refractivity contribution in [2.75, 3.05) is 42.7 Å². The molecule has 4 aromatic rings. The highest BCUT2D eigenvalue weighted by Crippen LogP contribution is 2.38. The minimum absolute atomic E-state index is 0.0358. The molecule has 5 rings (SSSR count). The first-order valence-corrected chi connectivity index (χ1v) is 14.7. The normalized spacial score (nSPS) is 13.2. The Morgan fingerprint density at radius 3 is 2.27 bits per heavy atom. The zero-order chi connectivity index (χ0) is 31.2. The molecule has 44 heavy (non-hydrogen) atoms. The second-order valence-corrected chi connectivity index (χ2v) is 11.2. The van der Waals surface area contributed by atoms with Crippen molar-refractivity contribution in [1.82, 2.24) is 10.2 Å². The predicted octanol–water partition coefficient (Wildman–Crippen LogP) is 6.12. The van der Waals surface area contributed by atoms with Crippen LogP contribution >= 0.6 is 11.6 Å². The first-order valence-electron chi connectivity index (χ1n) is 14.3. The molecule has 3 amide bonds. The second kappa shape index (κ2) is 13.6. The number of benzene rings is 4. The Bertz CT molecular complexity index is 1720. The molecule has 1 aliphatic heterocycles. The minimum atomic E-state index is -0.272. The van der Waals surface area contributed by atoms with Gasteiger partial charge in [0.2, 0.25) is 5.91 Å². The Morgan fingerprint density at radius 2 is 1.59 bits per heavy atom. The third-order valence-corrected chi connectivity index (χ3v) is 7.52. The van der Waals surface area contributed by atoms with E-state index in [4.69, 9.17) is 11.6 Å². The molecule has 9 heteroatoms. The first kappa shape index (κ1) is 30.5. The Morgan fingerprint density at radius 1 is 0.841 bits per heavy atom. The lowest BCUT2D eigenvalue weighted by molar-refractivity contribution is -0.116. The fourth-order valence-electron chi connectivity index (χ4n) is 5.01. The Kier molecular flexibility index (Phi) is 9.43. The lowest BCUT2D eigenvalue weighted by atomic mass is 9.98. The molecular weight excluding hydrogens is 574 g/mol. The lowest BCUT2D eigenvalue weighted by Crippen LogP contribution is -2.35. The van der Waals surface area contributed by atoms with Gasteiger partial charge in [-0.25, -0.2) is 0 Å². The minimum Gasteiger partial charge on any atom is -0.354 e. The third kappa shape index (κ3) is 7.16. The number of likely N-dealkylation sites (N-methyl/N-ethyl adjacent to an activating group) is 1. The molecule has 0 saturated heterocycles. The molecule has 0 aromatic heterocycles. The van der Waals surface area contributed by atoms with Crippen LogP contribution in [0.4, 0.5) is 17.1 Å². The van der Waals surface area contributed by atoms with Crippen LogP contribution in [0.25, 0.3) is 11.3 Å². The van der Waals surface area contributed by atoms with Gasteiger partial charge in [-0.15, -0.1) is 0 Å². The lowest BCUT2D eigenvalue weighted by Gasteiger charge is -2.23. The zero-order valence-electron chi connectivity index (χ0n) is 24.9. The van der Waals surface area contributed by atoms with Gasteiger partial charge < -0.3 is 25.8 Å². The number of rotatable bonds is 10. The molecule has 0 spiro atoms. The number of nitrogens with one attached hydrogen (secondary N) is 3. The van der Waals surface area contributed by atoms with E-state index in [9.17, 15) is 14.4 Å². The van der Waals surface area contributed by atoms with Gasteiger partial charge in [0.05, 0.1) is 11.3 Å². The van der Waals surface area contributed by atoms with Crippen LogP contribution in [0.15, 0.2) is 97.1 Å². The summed E-state index contributed by atoms with van der Waals surface area (Å²) in [5.74, 6) is -0.572. The van der Waals surface area contributed by atoms with Crippen LogP contribution in [0, 0.1) is 0 Å². The maximum Gasteiger partial charge on any atom is 0.258 e. The van der Waals surface area contributed by atoms with Crippen LogP contribution in [0.5, 0.6) is 0 Å². The van der Waals surface area contributed by atoms with Crippen molar-refractivity contribution in [1.29, 1.82) is 0 Å². The van der Waals surface area contributed by atoms with Gasteiger partial charge in [-0.1, -0.05) is 54.1 Å². The molecule has 0 atom stereocenters. The summed E-state index contributed by atoms with van der Waals surface area (Å²) >= 11 is 6.09. The van der Waals surface area contributed by atoms with E-state index < -0.39 is 0 Å². The van der Waals surface area contributed by atoms with E-state index in [2.05, 4.69) is 16.0 Å². The number of anilines is 3. The quantitative estimate of drug-likeness (QED) is 0.189. The molecule has 0 radical (unpaired) electrons.